The molecule has 0 saturated carbocycles. The van der Waals surface area contributed by atoms with Crippen LogP contribution in [0.3, 0.4) is 0 Å². The maximum atomic E-state index is 13.7. The highest BCUT2D eigenvalue weighted by atomic mass is 16.7. The summed E-state index contributed by atoms with van der Waals surface area (Å²) in [5.74, 6) is -1.41. The summed E-state index contributed by atoms with van der Waals surface area (Å²) >= 11 is 0. The van der Waals surface area contributed by atoms with Crippen molar-refractivity contribution in [3.8, 4) is 5.75 Å². The minimum atomic E-state index is -1.34. The van der Waals surface area contributed by atoms with Gasteiger partial charge in [0.05, 0.1) is 20.3 Å². The quantitative estimate of drug-likeness (QED) is 0.182. The Kier molecular flexibility index (Phi) is 14.6. The van der Waals surface area contributed by atoms with E-state index in [1.54, 1.807) is 43.5 Å². The molecule has 13 nitrogen and oxygen atoms in total. The maximum absolute atomic E-state index is 13.7. The first kappa shape index (κ1) is 37.1. The van der Waals surface area contributed by atoms with Gasteiger partial charge in [0.1, 0.15) is 24.5 Å². The number of rotatable bonds is 13. The molecule has 0 radical (unpaired) electrons. The normalized spacial score (nSPS) is 23.3. The Hall–Kier alpha value is -4.72. The van der Waals surface area contributed by atoms with Crippen LogP contribution in [-0.4, -0.2) is 81.6 Å². The van der Waals surface area contributed by atoms with Crippen molar-refractivity contribution in [2.75, 3.05) is 20.8 Å². The summed E-state index contributed by atoms with van der Waals surface area (Å²) in [6.45, 7) is 3.68. The number of methoxy groups -OCH3 is 2. The second-order valence-corrected chi connectivity index (χ2v) is 11.3. The van der Waals surface area contributed by atoms with E-state index in [0.29, 0.717) is 18.6 Å². The van der Waals surface area contributed by atoms with Gasteiger partial charge in [0, 0.05) is 20.0 Å². The number of amides is 1. The van der Waals surface area contributed by atoms with Gasteiger partial charge >= 0.3 is 24.0 Å². The number of esters is 3. The lowest BCUT2D eigenvalue weighted by atomic mass is 9.97. The molecule has 264 valence electrons. The minimum absolute atomic E-state index is 0.0125. The lowest BCUT2D eigenvalue weighted by Gasteiger charge is -2.44. The zero-order valence-corrected chi connectivity index (χ0v) is 27.7. The number of allylic oxidation sites excluding steroid dienone is 2. The van der Waals surface area contributed by atoms with Crippen LogP contribution in [0.5, 0.6) is 5.75 Å². The van der Waals surface area contributed by atoms with Gasteiger partial charge < -0.3 is 43.2 Å². The lowest BCUT2D eigenvalue weighted by molar-refractivity contribution is -0.305. The number of fused-ring (bicyclic) bond motifs is 1. The fourth-order valence-electron chi connectivity index (χ4n) is 5.18. The number of hydrogen-bond donors (Lipinski definition) is 1. The molecule has 1 saturated heterocycles. The van der Waals surface area contributed by atoms with Crippen molar-refractivity contribution in [2.45, 2.75) is 82.1 Å². The van der Waals surface area contributed by atoms with Crippen LogP contribution in [0.4, 0.5) is 4.79 Å². The Balaban J connectivity index is 1.57. The van der Waals surface area contributed by atoms with Crippen molar-refractivity contribution in [1.29, 1.82) is 0 Å². The Morgan fingerprint density at radius 1 is 0.918 bits per heavy atom. The van der Waals surface area contributed by atoms with Gasteiger partial charge in [-0.2, -0.15) is 0 Å². The summed E-state index contributed by atoms with van der Waals surface area (Å²) in [6.07, 6.45) is -1.22. The fourth-order valence-corrected chi connectivity index (χ4v) is 5.18. The number of alkyl carbamates (subject to hydrolysis) is 1. The van der Waals surface area contributed by atoms with E-state index in [2.05, 4.69) is 11.9 Å². The molecular weight excluding hydrogens is 638 g/mol. The van der Waals surface area contributed by atoms with E-state index >= 15 is 0 Å². The van der Waals surface area contributed by atoms with Crippen molar-refractivity contribution in [1.82, 2.24) is 5.32 Å². The summed E-state index contributed by atoms with van der Waals surface area (Å²) in [6, 6.07) is 15.0. The Bertz CT molecular complexity index is 1410. The van der Waals surface area contributed by atoms with Crippen LogP contribution in [0.1, 0.15) is 43.2 Å². The summed E-state index contributed by atoms with van der Waals surface area (Å²) in [5.41, 5.74) is 1.58. The van der Waals surface area contributed by atoms with E-state index in [4.69, 9.17) is 37.9 Å². The molecule has 0 bridgehead atoms. The van der Waals surface area contributed by atoms with Crippen LogP contribution in [0.15, 0.2) is 79.4 Å². The topological polar surface area (TPSA) is 154 Å². The fraction of sp³-hybridized carbons (Fsp3) is 0.444. The zero-order valence-electron chi connectivity index (χ0n) is 27.7. The highest BCUT2D eigenvalue weighted by molar-refractivity contribution is 5.81. The molecule has 2 aliphatic rings. The zero-order chi connectivity index (χ0) is 35.0. The van der Waals surface area contributed by atoms with E-state index in [-0.39, 0.29) is 39.1 Å². The summed E-state index contributed by atoms with van der Waals surface area (Å²) in [4.78, 5) is 52.3. The Morgan fingerprint density at radius 3 is 2.20 bits per heavy atom. The predicted molar refractivity (Wildman–Crippen MR) is 174 cm³/mol. The average molecular weight is 682 g/mol. The monoisotopic (exact) mass is 681 g/mol. The molecule has 2 aliphatic heterocycles. The Labute approximate surface area is 285 Å². The van der Waals surface area contributed by atoms with Crippen molar-refractivity contribution in [2.24, 2.45) is 0 Å². The molecule has 6 atom stereocenters. The van der Waals surface area contributed by atoms with Crippen molar-refractivity contribution >= 4 is 24.0 Å². The van der Waals surface area contributed by atoms with Crippen molar-refractivity contribution in [3.05, 3.63) is 90.5 Å². The largest absolute Gasteiger partial charge is 0.497 e. The van der Waals surface area contributed by atoms with Crippen LogP contribution in [-0.2, 0) is 60.8 Å². The molecule has 1 fully saturated rings. The predicted octanol–water partition coefficient (Wildman–Crippen LogP) is 4.32. The lowest BCUT2D eigenvalue weighted by Crippen LogP contribution is -2.63. The van der Waals surface area contributed by atoms with Gasteiger partial charge in [-0.25, -0.2) is 9.59 Å². The minimum Gasteiger partial charge on any atom is -0.497 e. The third-order valence-corrected chi connectivity index (χ3v) is 7.71. The van der Waals surface area contributed by atoms with Crippen LogP contribution >= 0.6 is 0 Å². The number of nitrogens with one attached hydrogen (secondary N) is 1. The molecule has 49 heavy (non-hydrogen) atoms. The molecule has 4 rings (SSSR count). The molecule has 0 spiro atoms. The van der Waals surface area contributed by atoms with E-state index < -0.39 is 60.7 Å². The number of carbonyl (C=O) groups excluding carboxylic acids is 4. The number of ether oxygens (including phenoxy) is 8. The molecule has 2 aromatic carbocycles. The number of benzene rings is 2. The number of hydrogen-bond acceptors (Lipinski definition) is 12. The highest BCUT2D eigenvalue weighted by Crippen LogP contribution is 2.31. The summed E-state index contributed by atoms with van der Waals surface area (Å²) < 4.78 is 45.7. The molecule has 1 unspecified atom stereocenters. The van der Waals surface area contributed by atoms with E-state index in [1.807, 2.05) is 30.3 Å². The molecule has 2 heterocycles. The van der Waals surface area contributed by atoms with Gasteiger partial charge in [0.15, 0.2) is 24.6 Å². The SMILES string of the molecule is C=CCC(NC(=O)OCc1ccccc1)C(=O)O[C@H]1[C@@H]2OC(=O)CCC=CCCC(=O)O[C@H]2[C@@H](OC)O[C@@H]1COCc1ccc(OC)cc1. The van der Waals surface area contributed by atoms with Crippen LogP contribution in [0.25, 0.3) is 0 Å². The highest BCUT2D eigenvalue weighted by Gasteiger charge is 2.53. The van der Waals surface area contributed by atoms with Gasteiger partial charge in [-0.1, -0.05) is 60.7 Å². The molecular formula is C36H43NO12. The van der Waals surface area contributed by atoms with Crippen LogP contribution in [0.2, 0.25) is 0 Å². The smallest absolute Gasteiger partial charge is 0.408 e. The summed E-state index contributed by atoms with van der Waals surface area (Å²) in [7, 11) is 2.92. The van der Waals surface area contributed by atoms with Crippen LogP contribution < -0.4 is 10.1 Å². The first-order chi connectivity index (χ1) is 23.8. The molecule has 1 amide bonds. The second kappa shape index (κ2) is 19.3. The number of carbonyl (C=O) groups is 4. The van der Waals surface area contributed by atoms with Gasteiger partial charge in [-0.15, -0.1) is 6.58 Å². The second-order valence-electron chi connectivity index (χ2n) is 11.3. The molecule has 2 aromatic rings. The summed E-state index contributed by atoms with van der Waals surface area (Å²) in [5, 5.41) is 2.52. The standard InChI is InChI=1S/C36H43NO12/c1-4-12-27(37-36(41)45-22-24-13-8-7-9-14-24)34(40)49-31-28(23-44-21-25-17-19-26(42-2)20-18-25)46-35(43-3)33-32(31)47-29(38)15-10-5-6-11-16-30(39)48-33/h4-9,13-14,17-20,27-28,31-33,35H,1,10-12,15-16,21-23H2,2-3H3,(H,37,41)/t27?,28-,31-,32+,33-,35+/m1/s1. The third-order valence-electron chi connectivity index (χ3n) is 7.71. The van der Waals surface area contributed by atoms with Crippen molar-refractivity contribution < 1.29 is 57.1 Å². The van der Waals surface area contributed by atoms with E-state index in [9.17, 15) is 19.2 Å². The van der Waals surface area contributed by atoms with Gasteiger partial charge in [-0.05, 0) is 42.5 Å². The van der Waals surface area contributed by atoms with Crippen molar-refractivity contribution in [3.63, 3.8) is 0 Å². The molecule has 13 heteroatoms. The first-order valence-corrected chi connectivity index (χ1v) is 16.0. The average Bonchev–Trinajstić information content (AvgIpc) is 3.10. The van der Waals surface area contributed by atoms with E-state index in [0.717, 1.165) is 11.1 Å². The van der Waals surface area contributed by atoms with Gasteiger partial charge in [0.25, 0.3) is 0 Å². The Morgan fingerprint density at radius 2 is 1.57 bits per heavy atom. The van der Waals surface area contributed by atoms with Crippen LogP contribution in [0, 0.1) is 0 Å². The molecule has 0 aromatic heterocycles. The molecule has 0 aliphatic carbocycles. The first-order valence-electron chi connectivity index (χ1n) is 16.0. The van der Waals surface area contributed by atoms with Gasteiger partial charge in [-0.3, -0.25) is 9.59 Å². The van der Waals surface area contributed by atoms with E-state index in [1.165, 1.54) is 13.2 Å². The maximum Gasteiger partial charge on any atom is 0.408 e. The third kappa shape index (κ3) is 11.4. The van der Waals surface area contributed by atoms with Gasteiger partial charge in [0.2, 0.25) is 0 Å². The molecule has 1 N–H and O–H groups in total.